The molecule has 4 heterocycles. The molecule has 2 aromatic rings. The number of rotatable bonds is 6. The highest BCUT2D eigenvalue weighted by atomic mass is 16.5. The van der Waals surface area contributed by atoms with Crippen molar-refractivity contribution >= 4 is 11.9 Å². The van der Waals surface area contributed by atoms with Crippen LogP contribution in [0.4, 0.5) is 4.79 Å². The number of carbonyl (C=O) groups excluding carboxylic acids is 2. The fourth-order valence-electron chi connectivity index (χ4n) is 3.24. The summed E-state index contributed by atoms with van der Waals surface area (Å²) in [6, 6.07) is 3.61. The lowest BCUT2D eigenvalue weighted by Gasteiger charge is -2.38. The van der Waals surface area contributed by atoms with E-state index >= 15 is 0 Å². The lowest BCUT2D eigenvalue weighted by atomic mass is 10.1. The van der Waals surface area contributed by atoms with Crippen LogP contribution in [0.2, 0.25) is 0 Å². The normalized spacial score (nSPS) is 19.3. The highest BCUT2D eigenvalue weighted by molar-refractivity contribution is 5.91. The number of nitrogens with one attached hydrogen (secondary N) is 2. The Morgan fingerprint density at radius 2 is 2.04 bits per heavy atom. The van der Waals surface area contributed by atoms with E-state index < -0.39 is 0 Å². The van der Waals surface area contributed by atoms with Gasteiger partial charge < -0.3 is 20.3 Å². The van der Waals surface area contributed by atoms with Gasteiger partial charge in [0.05, 0.1) is 18.3 Å². The van der Waals surface area contributed by atoms with Gasteiger partial charge in [0.15, 0.2) is 5.69 Å². The minimum atomic E-state index is -0.284. The van der Waals surface area contributed by atoms with Crippen LogP contribution in [0.1, 0.15) is 34.9 Å². The molecule has 2 aliphatic heterocycles. The molecule has 0 saturated carbocycles. The maximum absolute atomic E-state index is 12.2. The van der Waals surface area contributed by atoms with Gasteiger partial charge in [-0.1, -0.05) is 5.21 Å². The van der Waals surface area contributed by atoms with E-state index in [-0.39, 0.29) is 29.8 Å². The van der Waals surface area contributed by atoms with E-state index in [0.717, 1.165) is 25.0 Å². The molecule has 10 nitrogen and oxygen atoms in total. The van der Waals surface area contributed by atoms with Gasteiger partial charge in [0, 0.05) is 45.2 Å². The number of urea groups is 1. The van der Waals surface area contributed by atoms with Crippen LogP contribution in [0, 0.1) is 0 Å². The third-order valence-electron chi connectivity index (χ3n) is 4.97. The van der Waals surface area contributed by atoms with Gasteiger partial charge in [0.1, 0.15) is 0 Å². The molecule has 2 aromatic heterocycles. The van der Waals surface area contributed by atoms with Gasteiger partial charge in [-0.15, -0.1) is 5.10 Å². The Bertz CT molecular complexity index is 814. The van der Waals surface area contributed by atoms with E-state index in [1.165, 1.54) is 0 Å². The number of amides is 3. The SMILES string of the molecule is O=C(NCc1ccncc1)c1cn(C2CN(C(=O)NCC3CCCO3)C2)nn1. The summed E-state index contributed by atoms with van der Waals surface area (Å²) in [5, 5.41) is 13.7. The van der Waals surface area contributed by atoms with Gasteiger partial charge in [0.25, 0.3) is 5.91 Å². The van der Waals surface area contributed by atoms with Crippen molar-refractivity contribution in [1.82, 2.24) is 35.5 Å². The predicted octanol–water partition coefficient (Wildman–Crippen LogP) is 0.348. The number of aromatic nitrogens is 4. The molecule has 2 saturated heterocycles. The van der Waals surface area contributed by atoms with E-state index in [0.29, 0.717) is 26.2 Å². The quantitative estimate of drug-likeness (QED) is 0.742. The Hall–Kier alpha value is -3.01. The van der Waals surface area contributed by atoms with Gasteiger partial charge in [-0.3, -0.25) is 9.78 Å². The minimum Gasteiger partial charge on any atom is -0.376 e. The molecule has 2 aliphatic rings. The molecule has 2 N–H and O–H groups in total. The summed E-state index contributed by atoms with van der Waals surface area (Å²) in [6.07, 6.45) is 7.15. The molecule has 10 heteroatoms. The Labute approximate surface area is 162 Å². The zero-order valence-corrected chi connectivity index (χ0v) is 15.5. The highest BCUT2D eigenvalue weighted by Gasteiger charge is 2.33. The molecule has 0 radical (unpaired) electrons. The van der Waals surface area contributed by atoms with Crippen LogP contribution in [0.25, 0.3) is 0 Å². The van der Waals surface area contributed by atoms with Gasteiger partial charge in [-0.05, 0) is 30.5 Å². The maximum atomic E-state index is 12.2. The van der Waals surface area contributed by atoms with E-state index in [2.05, 4.69) is 25.9 Å². The van der Waals surface area contributed by atoms with Crippen molar-refractivity contribution in [2.24, 2.45) is 0 Å². The van der Waals surface area contributed by atoms with Crippen LogP contribution in [-0.2, 0) is 11.3 Å². The number of carbonyl (C=O) groups is 2. The lowest BCUT2D eigenvalue weighted by Crippen LogP contribution is -2.55. The fraction of sp³-hybridized carbons (Fsp3) is 0.500. The highest BCUT2D eigenvalue weighted by Crippen LogP contribution is 2.20. The summed E-state index contributed by atoms with van der Waals surface area (Å²) in [6.45, 7) is 2.80. The molecule has 3 amide bonds. The van der Waals surface area contributed by atoms with Crippen molar-refractivity contribution in [3.63, 3.8) is 0 Å². The molecule has 0 bridgehead atoms. The largest absolute Gasteiger partial charge is 0.376 e. The molecule has 28 heavy (non-hydrogen) atoms. The van der Waals surface area contributed by atoms with Crippen molar-refractivity contribution < 1.29 is 14.3 Å². The third-order valence-corrected chi connectivity index (χ3v) is 4.97. The van der Waals surface area contributed by atoms with Crippen LogP contribution in [0.3, 0.4) is 0 Å². The van der Waals surface area contributed by atoms with E-state index in [1.807, 2.05) is 12.1 Å². The Balaban J connectivity index is 1.21. The summed E-state index contributed by atoms with van der Waals surface area (Å²) >= 11 is 0. The summed E-state index contributed by atoms with van der Waals surface area (Å²) in [7, 11) is 0. The number of hydrogen-bond donors (Lipinski definition) is 2. The first-order chi connectivity index (χ1) is 13.7. The number of ether oxygens (including phenoxy) is 1. The van der Waals surface area contributed by atoms with Crippen LogP contribution in [0.5, 0.6) is 0 Å². The van der Waals surface area contributed by atoms with Gasteiger partial charge in [-0.25, -0.2) is 9.48 Å². The van der Waals surface area contributed by atoms with Crippen molar-refractivity contribution in [3.05, 3.63) is 42.0 Å². The molecule has 1 unspecified atom stereocenters. The Kier molecular flexibility index (Phi) is 5.47. The first kappa shape index (κ1) is 18.4. The van der Waals surface area contributed by atoms with Crippen LogP contribution in [-0.4, -0.2) is 69.2 Å². The fourth-order valence-corrected chi connectivity index (χ4v) is 3.24. The lowest BCUT2D eigenvalue weighted by molar-refractivity contribution is 0.0943. The number of likely N-dealkylation sites (tertiary alicyclic amines) is 1. The molecule has 1 atom stereocenters. The molecule has 0 aromatic carbocycles. The molecule has 4 rings (SSSR count). The minimum absolute atomic E-state index is 0.0303. The zero-order chi connectivity index (χ0) is 19.3. The average molecular weight is 385 g/mol. The van der Waals surface area contributed by atoms with Gasteiger partial charge >= 0.3 is 6.03 Å². The molecular weight excluding hydrogens is 362 g/mol. The summed E-state index contributed by atoms with van der Waals surface area (Å²) < 4.78 is 7.15. The van der Waals surface area contributed by atoms with Crippen molar-refractivity contribution in [2.45, 2.75) is 31.5 Å². The predicted molar refractivity (Wildman–Crippen MR) is 98.4 cm³/mol. The molecule has 2 fully saturated rings. The van der Waals surface area contributed by atoms with Gasteiger partial charge in [-0.2, -0.15) is 0 Å². The number of hydrogen-bond acceptors (Lipinski definition) is 6. The third kappa shape index (κ3) is 4.28. The summed E-state index contributed by atoms with van der Waals surface area (Å²) in [5.74, 6) is -0.284. The van der Waals surface area contributed by atoms with Crippen LogP contribution in [0.15, 0.2) is 30.7 Å². The van der Waals surface area contributed by atoms with Crippen molar-refractivity contribution in [3.8, 4) is 0 Å². The second-order valence-electron chi connectivity index (χ2n) is 7.00. The Morgan fingerprint density at radius 1 is 1.21 bits per heavy atom. The number of nitrogens with zero attached hydrogens (tertiary/aromatic N) is 5. The standard InChI is InChI=1S/C18H23N7O3/c26-17(20-8-13-3-5-19-6-4-13)16-12-25(23-22-16)14-10-24(11-14)18(27)21-9-15-2-1-7-28-15/h3-6,12,14-15H,1-2,7-11H2,(H,20,26)(H,21,27). The smallest absolute Gasteiger partial charge is 0.317 e. The summed E-state index contributed by atoms with van der Waals surface area (Å²) in [5.41, 5.74) is 1.22. The Morgan fingerprint density at radius 3 is 2.79 bits per heavy atom. The van der Waals surface area contributed by atoms with Crippen molar-refractivity contribution in [1.29, 1.82) is 0 Å². The maximum Gasteiger partial charge on any atom is 0.317 e. The van der Waals surface area contributed by atoms with Crippen LogP contribution < -0.4 is 10.6 Å². The van der Waals surface area contributed by atoms with E-state index in [9.17, 15) is 9.59 Å². The molecule has 0 spiro atoms. The molecule has 0 aliphatic carbocycles. The average Bonchev–Trinajstić information content (AvgIpc) is 3.36. The van der Waals surface area contributed by atoms with E-state index in [4.69, 9.17) is 4.74 Å². The summed E-state index contributed by atoms with van der Waals surface area (Å²) in [4.78, 5) is 30.0. The first-order valence-electron chi connectivity index (χ1n) is 9.42. The van der Waals surface area contributed by atoms with Gasteiger partial charge in [0.2, 0.25) is 0 Å². The molecule has 148 valence electrons. The second-order valence-corrected chi connectivity index (χ2v) is 7.00. The van der Waals surface area contributed by atoms with Crippen LogP contribution >= 0.6 is 0 Å². The molecular formula is C18H23N7O3. The van der Waals surface area contributed by atoms with Crippen molar-refractivity contribution in [2.75, 3.05) is 26.2 Å². The number of pyridine rings is 1. The monoisotopic (exact) mass is 385 g/mol. The zero-order valence-electron chi connectivity index (χ0n) is 15.5. The second kappa shape index (κ2) is 8.34. The first-order valence-corrected chi connectivity index (χ1v) is 9.42. The van der Waals surface area contributed by atoms with E-state index in [1.54, 1.807) is 28.2 Å². The topological polar surface area (TPSA) is 114 Å².